The summed E-state index contributed by atoms with van der Waals surface area (Å²) in [4.78, 5) is 25.7. The van der Waals surface area contributed by atoms with Crippen molar-refractivity contribution in [3.63, 3.8) is 0 Å². The predicted octanol–water partition coefficient (Wildman–Crippen LogP) is 7.56. The lowest BCUT2D eigenvalue weighted by atomic mass is 10.2. The van der Waals surface area contributed by atoms with E-state index in [4.69, 9.17) is 56.5 Å². The predicted molar refractivity (Wildman–Crippen MR) is 157 cm³/mol. The van der Waals surface area contributed by atoms with Crippen LogP contribution in [-0.2, 0) is 11.4 Å². The highest BCUT2D eigenvalue weighted by Gasteiger charge is 2.33. The van der Waals surface area contributed by atoms with Gasteiger partial charge < -0.3 is 14.8 Å². The van der Waals surface area contributed by atoms with E-state index in [-0.39, 0.29) is 16.0 Å². The summed E-state index contributed by atoms with van der Waals surface area (Å²) in [7, 11) is 0. The third-order valence-electron chi connectivity index (χ3n) is 5.09. The molecule has 0 atom stereocenters. The van der Waals surface area contributed by atoms with Crippen LogP contribution in [0.1, 0.15) is 18.1 Å². The van der Waals surface area contributed by atoms with Gasteiger partial charge in [-0.05, 0) is 67.2 Å². The maximum atomic E-state index is 13.0. The summed E-state index contributed by atoms with van der Waals surface area (Å²) in [6, 6.07) is 16.7. The topological polar surface area (TPSA) is 79.9 Å². The lowest BCUT2D eigenvalue weighted by Crippen LogP contribution is -2.46. The number of anilines is 1. The Morgan fingerprint density at radius 3 is 2.53 bits per heavy atom. The average Bonchev–Trinajstić information content (AvgIpc) is 3.14. The molecule has 3 amide bonds. The first-order valence-electron chi connectivity index (χ1n) is 11.2. The van der Waals surface area contributed by atoms with Crippen molar-refractivity contribution in [1.82, 2.24) is 10.4 Å². The Bertz CT molecular complexity index is 1430. The fraction of sp³-hybridized carbons (Fsp3) is 0.115. The molecule has 2 N–H and O–H groups in total. The Morgan fingerprint density at radius 1 is 1.00 bits per heavy atom. The first kappa shape index (κ1) is 28.1. The second-order valence-electron chi connectivity index (χ2n) is 7.73. The highest BCUT2D eigenvalue weighted by atomic mass is 35.5. The number of ether oxygens (including phenoxy) is 2. The zero-order valence-corrected chi connectivity index (χ0v) is 23.7. The highest BCUT2D eigenvalue weighted by molar-refractivity contribution is 8.26. The maximum Gasteiger partial charge on any atom is 0.338 e. The number of thiocarbonyl (C=S) groups is 1. The van der Waals surface area contributed by atoms with Crippen LogP contribution in [0.2, 0.25) is 15.1 Å². The molecule has 7 nitrogen and oxygen atoms in total. The maximum absolute atomic E-state index is 13.0. The molecule has 3 aromatic rings. The van der Waals surface area contributed by atoms with Crippen molar-refractivity contribution in [1.29, 1.82) is 0 Å². The van der Waals surface area contributed by atoms with Crippen molar-refractivity contribution in [2.45, 2.75) is 13.5 Å². The Hall–Kier alpha value is -2.95. The summed E-state index contributed by atoms with van der Waals surface area (Å²) in [5.41, 5.74) is 4.40. The second kappa shape index (κ2) is 12.7. The van der Waals surface area contributed by atoms with Crippen LogP contribution < -0.4 is 20.2 Å². The number of hydrogen-bond donors (Lipinski definition) is 2. The molecule has 12 heteroatoms. The molecule has 0 bridgehead atoms. The summed E-state index contributed by atoms with van der Waals surface area (Å²) in [6.07, 6.45) is 1.66. The molecule has 0 radical (unpaired) electrons. The summed E-state index contributed by atoms with van der Waals surface area (Å²) in [6.45, 7) is 2.56. The number of carbonyl (C=O) groups excluding carboxylic acids is 2. The highest BCUT2D eigenvalue weighted by Crippen LogP contribution is 2.35. The average molecular weight is 609 g/mol. The normalized spacial score (nSPS) is 14.1. The third-order valence-corrected chi connectivity index (χ3v) is 7.50. The molecule has 1 aliphatic heterocycles. The van der Waals surface area contributed by atoms with Crippen LogP contribution in [0.15, 0.2) is 65.6 Å². The molecule has 1 fully saturated rings. The number of amides is 3. The van der Waals surface area contributed by atoms with Crippen molar-refractivity contribution >= 4 is 86.8 Å². The van der Waals surface area contributed by atoms with Gasteiger partial charge in [0.05, 0.1) is 21.6 Å². The molecule has 1 aliphatic rings. The lowest BCUT2D eigenvalue weighted by molar-refractivity contribution is -0.123. The van der Waals surface area contributed by atoms with Gasteiger partial charge in [-0.25, -0.2) is 10.2 Å². The fourth-order valence-electron chi connectivity index (χ4n) is 3.32. The van der Waals surface area contributed by atoms with E-state index in [1.54, 1.807) is 42.5 Å². The van der Waals surface area contributed by atoms with Gasteiger partial charge in [0.1, 0.15) is 6.61 Å². The van der Waals surface area contributed by atoms with Gasteiger partial charge >= 0.3 is 6.03 Å². The number of hydrazine groups is 1. The van der Waals surface area contributed by atoms with E-state index in [0.29, 0.717) is 44.3 Å². The molecule has 38 heavy (non-hydrogen) atoms. The molecule has 0 aliphatic carbocycles. The molecule has 3 aromatic carbocycles. The molecule has 4 rings (SSSR count). The fourth-order valence-corrected chi connectivity index (χ4v) is 4.99. The molecule has 0 aromatic heterocycles. The number of carbonyl (C=O) groups is 2. The van der Waals surface area contributed by atoms with Crippen LogP contribution in [0.3, 0.4) is 0 Å². The summed E-state index contributed by atoms with van der Waals surface area (Å²) >= 11 is 24.5. The minimum absolute atomic E-state index is 0.176. The van der Waals surface area contributed by atoms with Crippen molar-refractivity contribution in [2.75, 3.05) is 11.9 Å². The number of thioether (sulfide) groups is 1. The number of nitrogens with zero attached hydrogens (tertiary/aromatic N) is 1. The van der Waals surface area contributed by atoms with E-state index in [0.717, 1.165) is 22.3 Å². The molecule has 0 spiro atoms. The molecular weight excluding hydrogens is 589 g/mol. The smallest absolute Gasteiger partial charge is 0.338 e. The molecule has 1 heterocycles. The molecule has 1 saturated heterocycles. The van der Waals surface area contributed by atoms with Crippen LogP contribution in [0.4, 0.5) is 10.5 Å². The molecular formula is C26H20Cl3N3O4S2. The van der Waals surface area contributed by atoms with Gasteiger partial charge in [0.15, 0.2) is 15.8 Å². The van der Waals surface area contributed by atoms with Crippen LogP contribution in [0, 0.1) is 0 Å². The van der Waals surface area contributed by atoms with E-state index in [1.165, 1.54) is 6.07 Å². The first-order chi connectivity index (χ1) is 18.2. The Morgan fingerprint density at radius 2 is 1.79 bits per heavy atom. The Kier molecular flexibility index (Phi) is 9.40. The van der Waals surface area contributed by atoms with E-state index in [2.05, 4.69) is 10.7 Å². The van der Waals surface area contributed by atoms with Gasteiger partial charge in [0, 0.05) is 16.3 Å². The van der Waals surface area contributed by atoms with Crippen LogP contribution in [-0.4, -0.2) is 27.9 Å². The van der Waals surface area contributed by atoms with E-state index in [9.17, 15) is 9.59 Å². The number of urea groups is 1. The second-order valence-corrected chi connectivity index (χ2v) is 10.6. The molecule has 196 valence electrons. The van der Waals surface area contributed by atoms with Crippen LogP contribution in [0.5, 0.6) is 11.5 Å². The van der Waals surface area contributed by atoms with Crippen molar-refractivity contribution < 1.29 is 19.1 Å². The largest absolute Gasteiger partial charge is 0.490 e. The summed E-state index contributed by atoms with van der Waals surface area (Å²) in [5.74, 6) is 0.585. The quantitative estimate of drug-likeness (QED) is 0.203. The standard InChI is InChI=1S/C26H20Cl3N3O4S2/c1-2-35-22-11-15(7-10-21(22)36-14-16-5-3-4-6-18(16)27)12-23-24(33)32(26(37)38-23)31-25(34)30-17-8-9-19(28)20(29)13-17/h3-13H,2,14H2,1H3,(H2,30,31,34)/b23-12+. The van der Waals surface area contributed by atoms with Crippen molar-refractivity contribution in [3.8, 4) is 11.5 Å². The van der Waals surface area contributed by atoms with Crippen molar-refractivity contribution in [2.24, 2.45) is 0 Å². The Labute approximate surface area is 244 Å². The number of benzene rings is 3. The van der Waals surface area contributed by atoms with Gasteiger partial charge in [0.25, 0.3) is 5.91 Å². The zero-order chi connectivity index (χ0) is 27.2. The molecule has 0 saturated carbocycles. The minimum Gasteiger partial charge on any atom is -0.490 e. The first-order valence-corrected chi connectivity index (χ1v) is 13.5. The van der Waals surface area contributed by atoms with Gasteiger partial charge in [-0.15, -0.1) is 0 Å². The monoisotopic (exact) mass is 607 g/mol. The van der Waals surface area contributed by atoms with Gasteiger partial charge in [-0.3, -0.25) is 4.79 Å². The zero-order valence-electron chi connectivity index (χ0n) is 19.8. The number of rotatable bonds is 8. The summed E-state index contributed by atoms with van der Waals surface area (Å²) in [5, 5.41) is 4.84. The SMILES string of the molecule is CCOc1cc(/C=C2/SC(=S)N(NC(=O)Nc3ccc(Cl)c(Cl)c3)C2=O)ccc1OCc1ccccc1Cl. The minimum atomic E-state index is -0.667. The molecule has 0 unspecified atom stereocenters. The van der Waals surface area contributed by atoms with E-state index < -0.39 is 11.9 Å². The van der Waals surface area contributed by atoms with Gasteiger partial charge in [-0.2, -0.15) is 5.01 Å². The number of halogens is 3. The summed E-state index contributed by atoms with van der Waals surface area (Å²) < 4.78 is 11.9. The van der Waals surface area contributed by atoms with Crippen LogP contribution >= 0.6 is 58.8 Å². The Balaban J connectivity index is 1.45. The van der Waals surface area contributed by atoms with E-state index >= 15 is 0 Å². The number of hydrogen-bond acceptors (Lipinski definition) is 6. The van der Waals surface area contributed by atoms with Crippen molar-refractivity contribution in [3.05, 3.63) is 91.8 Å². The third kappa shape index (κ3) is 6.92. The lowest BCUT2D eigenvalue weighted by Gasteiger charge is -2.16. The number of nitrogens with one attached hydrogen (secondary N) is 2. The van der Waals surface area contributed by atoms with Gasteiger partial charge in [-0.1, -0.05) is 70.8 Å². The van der Waals surface area contributed by atoms with E-state index in [1.807, 2.05) is 25.1 Å². The van der Waals surface area contributed by atoms with Gasteiger partial charge in [0.2, 0.25) is 0 Å². The van der Waals surface area contributed by atoms with Crippen LogP contribution in [0.25, 0.3) is 6.08 Å².